The Labute approximate surface area is 114 Å². The first-order valence-electron chi connectivity index (χ1n) is 5.83. The third-order valence-electron chi connectivity index (χ3n) is 3.07. The summed E-state index contributed by atoms with van der Waals surface area (Å²) in [5.74, 6) is -2.68. The molecule has 0 radical (unpaired) electrons. The molecule has 1 aliphatic rings. The molecule has 0 saturated carbocycles. The largest absolute Gasteiger partial charge is 0.480 e. The number of carbonyl (C=O) groups excluding carboxylic acids is 3. The lowest BCUT2D eigenvalue weighted by Gasteiger charge is -2.09. The van der Waals surface area contributed by atoms with Crippen molar-refractivity contribution < 1.29 is 24.3 Å². The zero-order chi connectivity index (χ0) is 15.0. The van der Waals surface area contributed by atoms with Gasteiger partial charge in [0.25, 0.3) is 17.7 Å². The zero-order valence-corrected chi connectivity index (χ0v) is 10.8. The number of benzene rings is 1. The maximum Gasteiger partial charge on any atom is 0.325 e. The van der Waals surface area contributed by atoms with E-state index in [-0.39, 0.29) is 16.7 Å². The molecule has 0 fully saturated rings. The summed E-state index contributed by atoms with van der Waals surface area (Å²) in [4.78, 5) is 47.0. The summed E-state index contributed by atoms with van der Waals surface area (Å²) in [5.41, 5.74) is 0.516. The minimum atomic E-state index is -1.16. The number of rotatable bonds is 3. The topological polar surface area (TPSA) is 104 Å². The quantitative estimate of drug-likeness (QED) is 0.763. The molecule has 1 aliphatic heterocycles. The molecular formula is C13H12N2O5. The van der Waals surface area contributed by atoms with Crippen LogP contribution in [0.25, 0.3) is 0 Å². The molecule has 3 amide bonds. The van der Waals surface area contributed by atoms with E-state index in [4.69, 9.17) is 5.11 Å². The second-order valence-corrected chi connectivity index (χ2v) is 4.46. The van der Waals surface area contributed by atoms with Gasteiger partial charge in [0.15, 0.2) is 0 Å². The average molecular weight is 276 g/mol. The van der Waals surface area contributed by atoms with E-state index in [1.165, 1.54) is 32.2 Å². The van der Waals surface area contributed by atoms with Gasteiger partial charge in [0.05, 0.1) is 11.1 Å². The van der Waals surface area contributed by atoms with Gasteiger partial charge in [-0.05, 0) is 25.1 Å². The molecule has 1 heterocycles. The third-order valence-corrected chi connectivity index (χ3v) is 3.07. The number of hydrogen-bond donors (Lipinski definition) is 2. The maximum atomic E-state index is 11.8. The molecule has 0 bridgehead atoms. The van der Waals surface area contributed by atoms with Crippen molar-refractivity contribution in [3.8, 4) is 0 Å². The zero-order valence-electron chi connectivity index (χ0n) is 10.8. The summed E-state index contributed by atoms with van der Waals surface area (Å²) in [7, 11) is 1.36. The highest BCUT2D eigenvalue weighted by molar-refractivity contribution is 6.21. The molecule has 7 nitrogen and oxygen atoms in total. The van der Waals surface area contributed by atoms with Gasteiger partial charge in [-0.3, -0.25) is 24.1 Å². The highest BCUT2D eigenvalue weighted by Crippen LogP contribution is 2.22. The van der Waals surface area contributed by atoms with Crippen LogP contribution in [0.5, 0.6) is 0 Å². The molecule has 0 spiro atoms. The first-order chi connectivity index (χ1) is 9.32. The summed E-state index contributed by atoms with van der Waals surface area (Å²) in [6.07, 6.45) is 0. The van der Waals surface area contributed by atoms with Crippen molar-refractivity contribution in [3.63, 3.8) is 0 Å². The summed E-state index contributed by atoms with van der Waals surface area (Å²) < 4.78 is 0. The lowest BCUT2D eigenvalue weighted by Crippen LogP contribution is -2.38. The Hall–Kier alpha value is -2.70. The Kier molecular flexibility index (Phi) is 3.27. The van der Waals surface area contributed by atoms with Crippen LogP contribution in [0.2, 0.25) is 0 Å². The van der Waals surface area contributed by atoms with Crippen LogP contribution < -0.4 is 5.32 Å². The Balaban J connectivity index is 2.29. The van der Waals surface area contributed by atoms with Crippen LogP contribution in [0.4, 0.5) is 0 Å². The second kappa shape index (κ2) is 4.76. The Morgan fingerprint density at radius 3 is 2.40 bits per heavy atom. The molecule has 104 valence electrons. The SMILES string of the molecule is C[C@H](NC(=O)c1ccc2c(c1)C(=O)N(C)C2=O)C(=O)O. The molecule has 0 aromatic heterocycles. The van der Waals surface area contributed by atoms with Crippen molar-refractivity contribution in [3.05, 3.63) is 34.9 Å². The van der Waals surface area contributed by atoms with E-state index in [1.54, 1.807) is 0 Å². The molecule has 7 heteroatoms. The van der Waals surface area contributed by atoms with E-state index < -0.39 is 29.7 Å². The van der Waals surface area contributed by atoms with Gasteiger partial charge < -0.3 is 10.4 Å². The third kappa shape index (κ3) is 2.13. The Bertz CT molecular complexity index is 638. The van der Waals surface area contributed by atoms with Gasteiger partial charge in [-0.2, -0.15) is 0 Å². The molecular weight excluding hydrogens is 264 g/mol. The first-order valence-corrected chi connectivity index (χ1v) is 5.83. The van der Waals surface area contributed by atoms with Gasteiger partial charge in [-0.1, -0.05) is 0 Å². The Morgan fingerprint density at radius 1 is 1.20 bits per heavy atom. The summed E-state index contributed by atoms with van der Waals surface area (Å²) in [6.45, 7) is 1.33. The highest BCUT2D eigenvalue weighted by atomic mass is 16.4. The van der Waals surface area contributed by atoms with Crippen molar-refractivity contribution in [2.75, 3.05) is 7.05 Å². The fourth-order valence-electron chi connectivity index (χ4n) is 1.84. The number of nitrogens with one attached hydrogen (secondary N) is 1. The molecule has 20 heavy (non-hydrogen) atoms. The predicted molar refractivity (Wildman–Crippen MR) is 67.4 cm³/mol. The fourth-order valence-corrected chi connectivity index (χ4v) is 1.84. The first kappa shape index (κ1) is 13.7. The normalized spacial score (nSPS) is 15.0. The van der Waals surface area contributed by atoms with E-state index in [2.05, 4.69) is 5.32 Å². The molecule has 1 aromatic rings. The fraction of sp³-hybridized carbons (Fsp3) is 0.231. The van der Waals surface area contributed by atoms with E-state index in [0.29, 0.717) is 0 Å². The number of imide groups is 1. The van der Waals surface area contributed by atoms with E-state index in [0.717, 1.165) is 4.90 Å². The number of carbonyl (C=O) groups is 4. The molecule has 1 atom stereocenters. The van der Waals surface area contributed by atoms with E-state index in [1.807, 2.05) is 0 Å². The van der Waals surface area contributed by atoms with Crippen LogP contribution in [0.3, 0.4) is 0 Å². The van der Waals surface area contributed by atoms with Gasteiger partial charge in [-0.25, -0.2) is 0 Å². The van der Waals surface area contributed by atoms with Gasteiger partial charge in [0.2, 0.25) is 0 Å². The number of aliphatic carboxylic acids is 1. The standard InChI is InChI=1S/C13H12N2O5/c1-6(13(19)20)14-10(16)7-3-4-8-9(5-7)12(18)15(2)11(8)17/h3-6H,1-2H3,(H,14,16)(H,19,20)/t6-/m0/s1. The van der Waals surface area contributed by atoms with Crippen LogP contribution in [-0.4, -0.2) is 46.8 Å². The maximum absolute atomic E-state index is 11.8. The van der Waals surface area contributed by atoms with Crippen LogP contribution in [0.15, 0.2) is 18.2 Å². The summed E-state index contributed by atoms with van der Waals surface area (Å²) in [6, 6.07) is 3.02. The smallest absolute Gasteiger partial charge is 0.325 e. The number of carboxylic acids is 1. The molecule has 1 aromatic carbocycles. The van der Waals surface area contributed by atoms with Crippen molar-refractivity contribution in [2.24, 2.45) is 0 Å². The van der Waals surface area contributed by atoms with Gasteiger partial charge in [-0.15, -0.1) is 0 Å². The minimum Gasteiger partial charge on any atom is -0.480 e. The van der Waals surface area contributed by atoms with Crippen LogP contribution in [0.1, 0.15) is 38.0 Å². The van der Waals surface area contributed by atoms with Crippen LogP contribution in [-0.2, 0) is 4.79 Å². The van der Waals surface area contributed by atoms with Crippen molar-refractivity contribution in [1.29, 1.82) is 0 Å². The number of fused-ring (bicyclic) bond motifs is 1. The summed E-state index contributed by atoms with van der Waals surface area (Å²) >= 11 is 0. The summed E-state index contributed by atoms with van der Waals surface area (Å²) in [5, 5.41) is 11.0. The van der Waals surface area contributed by atoms with Crippen LogP contribution >= 0.6 is 0 Å². The molecule has 0 aliphatic carbocycles. The number of amides is 3. The highest BCUT2D eigenvalue weighted by Gasteiger charge is 2.33. The predicted octanol–water partition coefficient (Wildman–Crippen LogP) is 0.115. The van der Waals surface area contributed by atoms with Crippen molar-refractivity contribution in [2.45, 2.75) is 13.0 Å². The molecule has 2 N–H and O–H groups in total. The average Bonchev–Trinajstić information content (AvgIpc) is 2.63. The number of carboxylic acid groups (broad SMARTS) is 1. The number of nitrogens with zero attached hydrogens (tertiary/aromatic N) is 1. The lowest BCUT2D eigenvalue weighted by molar-refractivity contribution is -0.138. The minimum absolute atomic E-state index is 0.133. The Morgan fingerprint density at radius 2 is 1.80 bits per heavy atom. The second-order valence-electron chi connectivity index (χ2n) is 4.46. The molecule has 0 unspecified atom stereocenters. The molecule has 2 rings (SSSR count). The lowest BCUT2D eigenvalue weighted by atomic mass is 10.1. The van der Waals surface area contributed by atoms with Gasteiger partial charge in [0, 0.05) is 12.6 Å². The van der Waals surface area contributed by atoms with E-state index >= 15 is 0 Å². The van der Waals surface area contributed by atoms with Gasteiger partial charge >= 0.3 is 5.97 Å². The van der Waals surface area contributed by atoms with Crippen LogP contribution in [0, 0.1) is 0 Å². The van der Waals surface area contributed by atoms with E-state index in [9.17, 15) is 19.2 Å². The number of hydrogen-bond acceptors (Lipinski definition) is 4. The molecule has 0 saturated heterocycles. The monoisotopic (exact) mass is 276 g/mol. The van der Waals surface area contributed by atoms with Crippen molar-refractivity contribution >= 4 is 23.7 Å². The van der Waals surface area contributed by atoms with Gasteiger partial charge in [0.1, 0.15) is 6.04 Å². The van der Waals surface area contributed by atoms with Crippen molar-refractivity contribution in [1.82, 2.24) is 10.2 Å².